The summed E-state index contributed by atoms with van der Waals surface area (Å²) in [6, 6.07) is 5.69. The van der Waals surface area contributed by atoms with Gasteiger partial charge in [0, 0.05) is 38.9 Å². The molecule has 0 bridgehead atoms. The van der Waals surface area contributed by atoms with E-state index in [0.29, 0.717) is 13.1 Å². The number of anilines is 1. The van der Waals surface area contributed by atoms with Gasteiger partial charge in [-0.3, -0.25) is 4.90 Å². The molecule has 0 radical (unpaired) electrons. The van der Waals surface area contributed by atoms with E-state index in [1.54, 1.807) is 6.20 Å². The monoisotopic (exact) mass is 259 g/mol. The maximum absolute atomic E-state index is 12.1. The molecule has 1 aliphatic heterocycles. The second-order valence-electron chi connectivity index (χ2n) is 4.38. The Kier molecular flexibility index (Phi) is 4.06. The zero-order chi connectivity index (χ0) is 13.0. The smallest absolute Gasteiger partial charge is 0.354 e. The summed E-state index contributed by atoms with van der Waals surface area (Å²) in [6.45, 7) is 2.88. The summed E-state index contributed by atoms with van der Waals surface area (Å²) in [5, 5.41) is 0. The van der Waals surface area contributed by atoms with Gasteiger partial charge in [-0.2, -0.15) is 13.2 Å². The molecule has 1 saturated heterocycles. The van der Waals surface area contributed by atoms with Crippen molar-refractivity contribution in [1.82, 2.24) is 9.88 Å². The summed E-state index contributed by atoms with van der Waals surface area (Å²) in [4.78, 5) is 8.20. The van der Waals surface area contributed by atoms with Crippen molar-refractivity contribution in [2.75, 3.05) is 37.6 Å². The maximum atomic E-state index is 12.1. The van der Waals surface area contributed by atoms with Crippen LogP contribution in [0.5, 0.6) is 0 Å². The SMILES string of the molecule is FC(F)(F)CCN1CCN(c2ccccn2)CC1. The van der Waals surface area contributed by atoms with Crippen LogP contribution in [0.3, 0.4) is 0 Å². The van der Waals surface area contributed by atoms with Gasteiger partial charge in [-0.05, 0) is 12.1 Å². The average Bonchev–Trinajstić information content (AvgIpc) is 2.37. The van der Waals surface area contributed by atoms with E-state index in [1.807, 2.05) is 23.1 Å². The van der Waals surface area contributed by atoms with Gasteiger partial charge < -0.3 is 4.90 Å². The van der Waals surface area contributed by atoms with E-state index >= 15 is 0 Å². The first-order chi connectivity index (χ1) is 8.54. The average molecular weight is 259 g/mol. The van der Waals surface area contributed by atoms with Gasteiger partial charge in [-0.15, -0.1) is 0 Å². The van der Waals surface area contributed by atoms with Crippen LogP contribution in [-0.2, 0) is 0 Å². The molecule has 6 heteroatoms. The van der Waals surface area contributed by atoms with Crippen molar-refractivity contribution in [1.29, 1.82) is 0 Å². The lowest BCUT2D eigenvalue weighted by molar-refractivity contribution is -0.138. The fourth-order valence-electron chi connectivity index (χ4n) is 2.03. The number of nitrogens with zero attached hydrogens (tertiary/aromatic N) is 3. The highest BCUT2D eigenvalue weighted by Crippen LogP contribution is 2.20. The fourth-order valence-corrected chi connectivity index (χ4v) is 2.03. The molecule has 0 unspecified atom stereocenters. The molecule has 1 aromatic rings. The summed E-state index contributed by atoms with van der Waals surface area (Å²) in [6.07, 6.45) is -3.06. The Labute approximate surface area is 104 Å². The van der Waals surface area contributed by atoms with E-state index in [9.17, 15) is 13.2 Å². The third-order valence-corrected chi connectivity index (χ3v) is 3.06. The van der Waals surface area contributed by atoms with Crippen molar-refractivity contribution >= 4 is 5.82 Å². The number of alkyl halides is 3. The van der Waals surface area contributed by atoms with Crippen LogP contribution in [0.15, 0.2) is 24.4 Å². The van der Waals surface area contributed by atoms with Gasteiger partial charge >= 0.3 is 6.18 Å². The highest BCUT2D eigenvalue weighted by atomic mass is 19.4. The molecule has 0 N–H and O–H groups in total. The van der Waals surface area contributed by atoms with Crippen molar-refractivity contribution in [2.24, 2.45) is 0 Å². The normalized spacial score (nSPS) is 18.1. The van der Waals surface area contributed by atoms with Crippen molar-refractivity contribution in [3.8, 4) is 0 Å². The largest absolute Gasteiger partial charge is 0.390 e. The van der Waals surface area contributed by atoms with Crippen LogP contribution in [0.25, 0.3) is 0 Å². The minimum absolute atomic E-state index is 0.0968. The molecular formula is C12H16F3N3. The van der Waals surface area contributed by atoms with E-state index in [1.165, 1.54) is 0 Å². The van der Waals surface area contributed by atoms with Gasteiger partial charge in [-0.25, -0.2) is 4.98 Å². The predicted octanol–water partition coefficient (Wildman–Crippen LogP) is 2.16. The van der Waals surface area contributed by atoms with Crippen molar-refractivity contribution in [3.63, 3.8) is 0 Å². The van der Waals surface area contributed by atoms with Crippen LogP contribution in [0.2, 0.25) is 0 Å². The summed E-state index contributed by atoms with van der Waals surface area (Å²) in [7, 11) is 0. The number of hydrogen-bond donors (Lipinski definition) is 0. The van der Waals surface area contributed by atoms with Crippen molar-refractivity contribution < 1.29 is 13.2 Å². The number of piperazine rings is 1. The second kappa shape index (κ2) is 5.56. The van der Waals surface area contributed by atoms with Crippen LogP contribution >= 0.6 is 0 Å². The topological polar surface area (TPSA) is 19.4 Å². The van der Waals surface area contributed by atoms with Gasteiger partial charge in [0.1, 0.15) is 5.82 Å². The van der Waals surface area contributed by atoms with Gasteiger partial charge in [0.15, 0.2) is 0 Å². The van der Waals surface area contributed by atoms with Gasteiger partial charge in [0.05, 0.1) is 6.42 Å². The lowest BCUT2D eigenvalue weighted by atomic mass is 10.2. The van der Waals surface area contributed by atoms with E-state index in [0.717, 1.165) is 18.9 Å². The minimum atomic E-state index is -4.06. The third-order valence-electron chi connectivity index (χ3n) is 3.06. The van der Waals surface area contributed by atoms with E-state index in [4.69, 9.17) is 0 Å². The number of hydrogen-bond acceptors (Lipinski definition) is 3. The van der Waals surface area contributed by atoms with Crippen LogP contribution in [-0.4, -0.2) is 48.8 Å². The number of pyridine rings is 1. The molecule has 1 aliphatic rings. The number of aromatic nitrogens is 1. The van der Waals surface area contributed by atoms with E-state index < -0.39 is 12.6 Å². The Balaban J connectivity index is 1.78. The molecule has 3 nitrogen and oxygen atoms in total. The van der Waals surface area contributed by atoms with Crippen molar-refractivity contribution in [2.45, 2.75) is 12.6 Å². The van der Waals surface area contributed by atoms with E-state index in [2.05, 4.69) is 9.88 Å². The molecule has 2 heterocycles. The number of halogens is 3. The quantitative estimate of drug-likeness (QED) is 0.829. The molecule has 2 rings (SSSR count). The molecule has 1 fully saturated rings. The van der Waals surface area contributed by atoms with Gasteiger partial charge in [-0.1, -0.05) is 6.07 Å². The lowest BCUT2D eigenvalue weighted by Crippen LogP contribution is -2.47. The molecule has 0 aliphatic carbocycles. The van der Waals surface area contributed by atoms with Crippen LogP contribution in [0.4, 0.5) is 19.0 Å². The molecule has 0 amide bonds. The molecule has 1 aromatic heterocycles. The molecule has 0 atom stereocenters. The zero-order valence-corrected chi connectivity index (χ0v) is 10.0. The Hall–Kier alpha value is -1.30. The minimum Gasteiger partial charge on any atom is -0.354 e. The summed E-state index contributed by atoms with van der Waals surface area (Å²) in [5.74, 6) is 0.896. The Bertz CT molecular complexity index is 359. The van der Waals surface area contributed by atoms with Crippen LogP contribution in [0, 0.1) is 0 Å². The van der Waals surface area contributed by atoms with Crippen LogP contribution < -0.4 is 4.90 Å². The van der Waals surface area contributed by atoms with Crippen molar-refractivity contribution in [3.05, 3.63) is 24.4 Å². The summed E-state index contributed by atoms with van der Waals surface area (Å²) >= 11 is 0. The van der Waals surface area contributed by atoms with E-state index in [-0.39, 0.29) is 6.54 Å². The third kappa shape index (κ3) is 3.87. The molecule has 18 heavy (non-hydrogen) atoms. The molecule has 0 saturated carbocycles. The Morgan fingerprint density at radius 1 is 1.11 bits per heavy atom. The summed E-state index contributed by atoms with van der Waals surface area (Å²) in [5.41, 5.74) is 0. The van der Waals surface area contributed by atoms with Gasteiger partial charge in [0.2, 0.25) is 0 Å². The fraction of sp³-hybridized carbons (Fsp3) is 0.583. The summed E-state index contributed by atoms with van der Waals surface area (Å²) < 4.78 is 36.3. The Morgan fingerprint density at radius 3 is 2.39 bits per heavy atom. The standard InChI is InChI=1S/C12H16F3N3/c13-12(14,15)4-6-17-7-9-18(10-8-17)11-3-1-2-5-16-11/h1-3,5H,4,6-10H2. The highest BCUT2D eigenvalue weighted by molar-refractivity contribution is 5.38. The lowest BCUT2D eigenvalue weighted by Gasteiger charge is -2.35. The highest BCUT2D eigenvalue weighted by Gasteiger charge is 2.28. The first-order valence-corrected chi connectivity index (χ1v) is 6.00. The number of rotatable bonds is 3. The Morgan fingerprint density at radius 2 is 1.83 bits per heavy atom. The molecule has 0 aromatic carbocycles. The first kappa shape index (κ1) is 13.1. The van der Waals surface area contributed by atoms with Gasteiger partial charge in [0.25, 0.3) is 0 Å². The molecular weight excluding hydrogens is 243 g/mol. The first-order valence-electron chi connectivity index (χ1n) is 6.00. The maximum Gasteiger partial charge on any atom is 0.390 e. The second-order valence-corrected chi connectivity index (χ2v) is 4.38. The van der Waals surface area contributed by atoms with Crippen LogP contribution in [0.1, 0.15) is 6.42 Å². The molecule has 100 valence electrons. The predicted molar refractivity (Wildman–Crippen MR) is 63.6 cm³/mol. The molecule has 0 spiro atoms. The zero-order valence-electron chi connectivity index (χ0n) is 10.0.